The van der Waals surface area contributed by atoms with E-state index in [4.69, 9.17) is 0 Å². The fourth-order valence-corrected chi connectivity index (χ4v) is 1.52. The predicted octanol–water partition coefficient (Wildman–Crippen LogP) is 0.775. The molecule has 0 aromatic rings. The monoisotopic (exact) mass is 156 g/mol. The lowest BCUT2D eigenvalue weighted by Crippen LogP contribution is -2.12. The molecule has 1 aliphatic rings. The van der Waals surface area contributed by atoms with Crippen LogP contribution in [-0.4, -0.2) is 19.4 Å². The summed E-state index contributed by atoms with van der Waals surface area (Å²) in [5.74, 6) is -0.122. The van der Waals surface area contributed by atoms with Gasteiger partial charge in [0.1, 0.15) is 6.29 Å². The lowest BCUT2D eigenvalue weighted by atomic mass is 10.1. The van der Waals surface area contributed by atoms with Crippen LogP contribution in [0.25, 0.3) is 0 Å². The topological polar surface area (TPSA) is 43.4 Å². The van der Waals surface area contributed by atoms with E-state index in [9.17, 15) is 9.59 Å². The van der Waals surface area contributed by atoms with E-state index in [2.05, 4.69) is 4.74 Å². The maximum Gasteiger partial charge on any atom is 0.308 e. The maximum absolute atomic E-state index is 10.9. The van der Waals surface area contributed by atoms with Crippen molar-refractivity contribution in [2.45, 2.75) is 19.3 Å². The van der Waals surface area contributed by atoms with E-state index in [0.29, 0.717) is 6.42 Å². The first-order valence-corrected chi connectivity index (χ1v) is 3.81. The molecule has 11 heavy (non-hydrogen) atoms. The SMILES string of the molecule is COC(=O)[C@H]1CC[C@@H](C=O)C1. The smallest absolute Gasteiger partial charge is 0.308 e. The summed E-state index contributed by atoms with van der Waals surface area (Å²) in [6.45, 7) is 0. The number of esters is 1. The summed E-state index contributed by atoms with van der Waals surface area (Å²) in [6, 6.07) is 0. The van der Waals surface area contributed by atoms with Gasteiger partial charge in [0.15, 0.2) is 0 Å². The Hall–Kier alpha value is -0.860. The van der Waals surface area contributed by atoms with Crippen molar-refractivity contribution in [2.24, 2.45) is 11.8 Å². The van der Waals surface area contributed by atoms with Crippen molar-refractivity contribution in [3.8, 4) is 0 Å². The second-order valence-electron chi connectivity index (χ2n) is 2.93. The Morgan fingerprint density at radius 2 is 2.27 bits per heavy atom. The molecule has 0 aliphatic heterocycles. The average Bonchev–Trinajstić information content (AvgIpc) is 2.50. The fourth-order valence-electron chi connectivity index (χ4n) is 1.52. The second kappa shape index (κ2) is 3.51. The first kappa shape index (κ1) is 8.24. The third kappa shape index (κ3) is 1.79. The number of hydrogen-bond donors (Lipinski definition) is 0. The van der Waals surface area contributed by atoms with Gasteiger partial charge < -0.3 is 9.53 Å². The van der Waals surface area contributed by atoms with E-state index in [1.54, 1.807) is 0 Å². The van der Waals surface area contributed by atoms with Crippen molar-refractivity contribution in [1.82, 2.24) is 0 Å². The molecule has 0 saturated heterocycles. The number of hydrogen-bond acceptors (Lipinski definition) is 3. The quantitative estimate of drug-likeness (QED) is 0.438. The lowest BCUT2D eigenvalue weighted by molar-refractivity contribution is -0.145. The maximum atomic E-state index is 10.9. The van der Waals surface area contributed by atoms with Crippen LogP contribution >= 0.6 is 0 Å². The third-order valence-electron chi connectivity index (χ3n) is 2.20. The molecule has 0 bridgehead atoms. The average molecular weight is 156 g/mol. The Bertz CT molecular complexity index is 165. The molecule has 0 amide bonds. The number of carbonyl (C=O) groups is 2. The van der Waals surface area contributed by atoms with Crippen LogP contribution in [0, 0.1) is 11.8 Å². The van der Waals surface area contributed by atoms with E-state index in [0.717, 1.165) is 19.1 Å². The third-order valence-corrected chi connectivity index (χ3v) is 2.20. The van der Waals surface area contributed by atoms with Gasteiger partial charge in [-0.3, -0.25) is 4.79 Å². The van der Waals surface area contributed by atoms with Crippen LogP contribution in [0.15, 0.2) is 0 Å². The molecule has 0 aromatic carbocycles. The predicted molar refractivity (Wildman–Crippen MR) is 38.9 cm³/mol. The molecule has 0 N–H and O–H groups in total. The van der Waals surface area contributed by atoms with Gasteiger partial charge in [0, 0.05) is 5.92 Å². The number of methoxy groups -OCH3 is 1. The van der Waals surface area contributed by atoms with Crippen molar-refractivity contribution in [3.63, 3.8) is 0 Å². The van der Waals surface area contributed by atoms with Crippen LogP contribution in [0.3, 0.4) is 0 Å². The van der Waals surface area contributed by atoms with E-state index >= 15 is 0 Å². The Labute approximate surface area is 65.7 Å². The van der Waals surface area contributed by atoms with Gasteiger partial charge in [-0.2, -0.15) is 0 Å². The summed E-state index contributed by atoms with van der Waals surface area (Å²) in [5.41, 5.74) is 0. The number of carbonyl (C=O) groups excluding carboxylic acids is 2. The van der Waals surface area contributed by atoms with Crippen molar-refractivity contribution in [3.05, 3.63) is 0 Å². The van der Waals surface area contributed by atoms with Gasteiger partial charge in [-0.15, -0.1) is 0 Å². The molecule has 0 aromatic heterocycles. The Morgan fingerprint density at radius 3 is 2.73 bits per heavy atom. The molecule has 0 heterocycles. The molecule has 2 atom stereocenters. The van der Waals surface area contributed by atoms with Gasteiger partial charge in [-0.05, 0) is 19.3 Å². The molecule has 1 aliphatic carbocycles. The van der Waals surface area contributed by atoms with Gasteiger partial charge in [-0.1, -0.05) is 0 Å². The first-order chi connectivity index (χ1) is 5.27. The number of rotatable bonds is 2. The minimum atomic E-state index is -0.172. The Morgan fingerprint density at radius 1 is 1.55 bits per heavy atom. The van der Waals surface area contributed by atoms with Crippen LogP contribution in [0.1, 0.15) is 19.3 Å². The number of ether oxygens (including phenoxy) is 1. The highest BCUT2D eigenvalue weighted by atomic mass is 16.5. The Kier molecular flexibility index (Phi) is 2.63. The minimum Gasteiger partial charge on any atom is -0.469 e. The lowest BCUT2D eigenvalue weighted by Gasteiger charge is -2.04. The summed E-state index contributed by atoms with van der Waals surface area (Å²) in [5, 5.41) is 0. The van der Waals surface area contributed by atoms with E-state index in [-0.39, 0.29) is 17.8 Å². The van der Waals surface area contributed by atoms with Gasteiger partial charge in [0.05, 0.1) is 13.0 Å². The molecule has 1 saturated carbocycles. The summed E-state index contributed by atoms with van der Waals surface area (Å²) in [7, 11) is 1.39. The first-order valence-electron chi connectivity index (χ1n) is 3.81. The molecule has 3 nitrogen and oxygen atoms in total. The molecule has 0 radical (unpaired) electrons. The molecule has 1 fully saturated rings. The van der Waals surface area contributed by atoms with Crippen LogP contribution in [0.4, 0.5) is 0 Å². The second-order valence-corrected chi connectivity index (χ2v) is 2.93. The standard InChI is InChI=1S/C8H12O3/c1-11-8(10)7-3-2-6(4-7)5-9/h5-7H,2-4H2,1H3/t6-,7+/m1/s1. The van der Waals surface area contributed by atoms with E-state index in [1.807, 2.05) is 0 Å². The highest BCUT2D eigenvalue weighted by Gasteiger charge is 2.29. The molecule has 0 spiro atoms. The van der Waals surface area contributed by atoms with Crippen LogP contribution in [-0.2, 0) is 14.3 Å². The summed E-state index contributed by atoms with van der Waals surface area (Å²) >= 11 is 0. The van der Waals surface area contributed by atoms with Gasteiger partial charge in [0.2, 0.25) is 0 Å². The zero-order chi connectivity index (χ0) is 8.27. The molecular formula is C8H12O3. The van der Waals surface area contributed by atoms with Gasteiger partial charge in [0.25, 0.3) is 0 Å². The largest absolute Gasteiger partial charge is 0.469 e. The van der Waals surface area contributed by atoms with Crippen molar-refractivity contribution in [2.75, 3.05) is 7.11 Å². The van der Waals surface area contributed by atoms with Crippen molar-refractivity contribution >= 4 is 12.3 Å². The normalized spacial score (nSPS) is 29.9. The fraction of sp³-hybridized carbons (Fsp3) is 0.750. The molecular weight excluding hydrogens is 144 g/mol. The van der Waals surface area contributed by atoms with Crippen molar-refractivity contribution < 1.29 is 14.3 Å². The molecule has 1 rings (SSSR count). The van der Waals surface area contributed by atoms with Gasteiger partial charge in [-0.25, -0.2) is 0 Å². The van der Waals surface area contributed by atoms with Crippen molar-refractivity contribution in [1.29, 1.82) is 0 Å². The Balaban J connectivity index is 2.41. The highest BCUT2D eigenvalue weighted by molar-refractivity contribution is 5.73. The summed E-state index contributed by atoms with van der Waals surface area (Å²) in [4.78, 5) is 21.2. The van der Waals surface area contributed by atoms with Crippen LogP contribution in [0.5, 0.6) is 0 Å². The highest BCUT2D eigenvalue weighted by Crippen LogP contribution is 2.29. The zero-order valence-electron chi connectivity index (χ0n) is 6.58. The van der Waals surface area contributed by atoms with E-state index < -0.39 is 0 Å². The van der Waals surface area contributed by atoms with Crippen LogP contribution < -0.4 is 0 Å². The molecule has 3 heteroatoms. The molecule has 62 valence electrons. The van der Waals surface area contributed by atoms with E-state index in [1.165, 1.54) is 7.11 Å². The zero-order valence-corrected chi connectivity index (χ0v) is 6.58. The number of aldehydes is 1. The molecule has 0 unspecified atom stereocenters. The summed E-state index contributed by atoms with van der Waals surface area (Å²) in [6.07, 6.45) is 3.25. The van der Waals surface area contributed by atoms with Crippen LogP contribution in [0.2, 0.25) is 0 Å². The summed E-state index contributed by atoms with van der Waals surface area (Å²) < 4.78 is 4.57. The minimum absolute atomic E-state index is 0.0322. The van der Waals surface area contributed by atoms with Gasteiger partial charge >= 0.3 is 5.97 Å².